The fourth-order valence-electron chi connectivity index (χ4n) is 7.63. The average molecular weight is 885 g/mol. The molecule has 1 aliphatic rings. The molecule has 19 heteroatoms. The Morgan fingerprint density at radius 1 is 1.07 bits per heavy atom. The SMILES string of the molecule is CSNc1nn(C)c2c(N(C)C(=Nc3cc(-c4ccccc4F)ccc3C=O)C(Cc3cc(F)cc(F)c3)NC(=O)Cn3nc(C(F)F)c4c3C(F)(F)C(C)C4)ccc(Cl)c12. The van der Waals surface area contributed by atoms with Crippen molar-refractivity contribution in [1.29, 1.82) is 0 Å². The maximum absolute atomic E-state index is 15.5. The van der Waals surface area contributed by atoms with Gasteiger partial charge < -0.3 is 14.9 Å². The quantitative estimate of drug-likeness (QED) is 0.0391. The number of nitrogens with zero attached hydrogens (tertiary/aromatic N) is 6. The standard InChI is InChI=1S/C42H36ClF7N8O2S/c1-21-13-28-36(39(47)48)53-58(38(28)42(21,49)50)19-34(60)51-32(16-22-14-25(44)18-26(45)15-22)41(52-31-17-23(9-10-24(31)20-59)27-7-5-6-8-30(27)46)56(2)33-12-11-29(43)35-37(33)57(3)54-40(35)55-61-4/h5-12,14-15,17-18,20-21,32,39H,13,16,19H2,1-4H3,(H,51,60)(H,54,55). The van der Waals surface area contributed by atoms with E-state index in [1.165, 1.54) is 64.9 Å². The fourth-order valence-corrected chi connectivity index (χ4v) is 8.21. The maximum Gasteiger partial charge on any atom is 0.292 e. The summed E-state index contributed by atoms with van der Waals surface area (Å²) in [6, 6.07) is 14.8. The molecule has 0 fully saturated rings. The van der Waals surface area contributed by atoms with Crippen molar-refractivity contribution < 1.29 is 40.3 Å². The number of benzene rings is 4. The number of carbonyl (C=O) groups is 2. The van der Waals surface area contributed by atoms with Crippen molar-refractivity contribution >= 4 is 69.7 Å². The van der Waals surface area contributed by atoms with Crippen LogP contribution in [-0.2, 0) is 37.2 Å². The van der Waals surface area contributed by atoms with Gasteiger partial charge in [0, 0.05) is 55.4 Å². The monoisotopic (exact) mass is 884 g/mol. The number of alkyl halides is 4. The van der Waals surface area contributed by atoms with E-state index >= 15 is 13.2 Å². The van der Waals surface area contributed by atoms with Gasteiger partial charge >= 0.3 is 0 Å². The summed E-state index contributed by atoms with van der Waals surface area (Å²) in [5.41, 5.74) is -0.642. The first-order chi connectivity index (χ1) is 29.0. The van der Waals surface area contributed by atoms with Gasteiger partial charge in [0.15, 0.2) is 12.1 Å². The van der Waals surface area contributed by atoms with Gasteiger partial charge in [0.05, 0.1) is 33.3 Å². The second kappa shape index (κ2) is 17.2. The molecule has 0 saturated heterocycles. The van der Waals surface area contributed by atoms with Crippen LogP contribution in [0.5, 0.6) is 0 Å². The summed E-state index contributed by atoms with van der Waals surface area (Å²) in [5, 5.41) is 11.8. The number of nitrogens with one attached hydrogen (secondary N) is 2. The van der Waals surface area contributed by atoms with Crippen molar-refractivity contribution in [2.45, 2.75) is 44.7 Å². The third-order valence-electron chi connectivity index (χ3n) is 10.4. The van der Waals surface area contributed by atoms with Crippen LogP contribution in [0.4, 0.5) is 47.9 Å². The number of aromatic nitrogens is 4. The maximum atomic E-state index is 15.5. The first-order valence-electron chi connectivity index (χ1n) is 18.6. The van der Waals surface area contributed by atoms with Crippen molar-refractivity contribution in [3.8, 4) is 11.1 Å². The van der Waals surface area contributed by atoms with Gasteiger partial charge in [0.1, 0.15) is 41.2 Å². The molecule has 7 rings (SSSR count). The molecule has 0 radical (unpaired) electrons. The van der Waals surface area contributed by atoms with Gasteiger partial charge in [-0.25, -0.2) is 26.9 Å². The van der Waals surface area contributed by atoms with E-state index in [9.17, 15) is 27.2 Å². The number of carbonyl (C=O) groups excluding carboxylic acids is 2. The molecular weight excluding hydrogens is 849 g/mol. The highest BCUT2D eigenvalue weighted by Crippen LogP contribution is 2.48. The molecule has 10 nitrogen and oxygen atoms in total. The number of hydrogen-bond acceptors (Lipinski definition) is 7. The van der Waals surface area contributed by atoms with Gasteiger partial charge in [-0.15, -0.1) is 0 Å². The molecule has 4 aromatic carbocycles. The molecule has 0 spiro atoms. The van der Waals surface area contributed by atoms with E-state index in [1.807, 2.05) is 0 Å². The second-order valence-electron chi connectivity index (χ2n) is 14.5. The zero-order valence-electron chi connectivity index (χ0n) is 32.8. The number of halogens is 8. The molecule has 0 saturated carbocycles. The minimum Gasteiger partial charge on any atom is -0.344 e. The number of aryl methyl sites for hydroxylation is 1. The van der Waals surface area contributed by atoms with Crippen LogP contribution in [0.25, 0.3) is 22.0 Å². The first-order valence-corrected chi connectivity index (χ1v) is 20.2. The van der Waals surface area contributed by atoms with Gasteiger partial charge in [0.2, 0.25) is 5.91 Å². The molecule has 6 aromatic rings. The highest BCUT2D eigenvalue weighted by atomic mass is 35.5. The summed E-state index contributed by atoms with van der Waals surface area (Å²) in [6.45, 7) is 0.249. The number of hydrogen-bond donors (Lipinski definition) is 2. The number of aliphatic imine (C=N–C) groups is 1. The Morgan fingerprint density at radius 3 is 2.46 bits per heavy atom. The van der Waals surface area contributed by atoms with Crippen LogP contribution in [0, 0.1) is 23.4 Å². The predicted molar refractivity (Wildman–Crippen MR) is 222 cm³/mol. The van der Waals surface area contributed by atoms with Crippen molar-refractivity contribution in [3.63, 3.8) is 0 Å². The summed E-state index contributed by atoms with van der Waals surface area (Å²) < 4.78 is 109. The summed E-state index contributed by atoms with van der Waals surface area (Å²) >= 11 is 7.96. The highest BCUT2D eigenvalue weighted by molar-refractivity contribution is 7.99. The topological polar surface area (TPSA) is 109 Å². The number of aldehydes is 1. The molecular formula is C42H36ClF7N8O2S. The molecule has 2 heterocycles. The van der Waals surface area contributed by atoms with Crippen LogP contribution in [0.1, 0.15) is 46.2 Å². The zero-order valence-corrected chi connectivity index (χ0v) is 34.4. The van der Waals surface area contributed by atoms with Crippen molar-refractivity contribution in [2.24, 2.45) is 18.0 Å². The van der Waals surface area contributed by atoms with E-state index < -0.39 is 65.6 Å². The van der Waals surface area contributed by atoms with Gasteiger partial charge in [-0.3, -0.25) is 19.0 Å². The van der Waals surface area contributed by atoms with Crippen molar-refractivity contribution in [2.75, 3.05) is 22.9 Å². The molecule has 61 heavy (non-hydrogen) atoms. The van der Waals surface area contributed by atoms with Crippen molar-refractivity contribution in [3.05, 3.63) is 123 Å². The molecule has 0 bridgehead atoms. The Bertz CT molecular complexity index is 2690. The number of anilines is 2. The van der Waals surface area contributed by atoms with E-state index in [0.717, 1.165) is 12.1 Å². The molecule has 1 amide bonds. The third kappa shape index (κ3) is 8.42. The lowest BCUT2D eigenvalue weighted by atomic mass is 10.0. The van der Waals surface area contributed by atoms with Crippen molar-refractivity contribution in [1.82, 2.24) is 24.9 Å². The smallest absolute Gasteiger partial charge is 0.292 e. The average Bonchev–Trinajstić information content (AvgIpc) is 3.81. The molecule has 0 aliphatic heterocycles. The Balaban J connectivity index is 1.43. The van der Waals surface area contributed by atoms with E-state index in [1.54, 1.807) is 38.6 Å². The van der Waals surface area contributed by atoms with Crippen LogP contribution >= 0.6 is 23.5 Å². The Hall–Kier alpha value is -5.88. The summed E-state index contributed by atoms with van der Waals surface area (Å²) in [5.74, 6) is -8.08. The Kier molecular flexibility index (Phi) is 12.2. The Labute approximate surface area is 353 Å². The minimum absolute atomic E-state index is 0.0117. The number of amides is 1. The van der Waals surface area contributed by atoms with Gasteiger partial charge in [-0.2, -0.15) is 19.0 Å². The van der Waals surface area contributed by atoms with Crippen LogP contribution < -0.4 is 14.9 Å². The molecule has 1 aliphatic carbocycles. The fraction of sp³-hybridized carbons (Fsp3) is 0.262. The van der Waals surface area contributed by atoms with E-state index in [0.29, 0.717) is 50.0 Å². The lowest BCUT2D eigenvalue weighted by molar-refractivity contribution is -0.122. The van der Waals surface area contributed by atoms with Gasteiger partial charge in [0.25, 0.3) is 12.3 Å². The number of amidine groups is 1. The van der Waals surface area contributed by atoms with Gasteiger partial charge in [-0.1, -0.05) is 54.7 Å². The first kappa shape index (κ1) is 43.2. The van der Waals surface area contributed by atoms with Crippen LogP contribution in [0.15, 0.2) is 77.8 Å². The van der Waals surface area contributed by atoms with Gasteiger partial charge in [-0.05, 0) is 60.0 Å². The normalized spacial score (nSPS) is 15.3. The van der Waals surface area contributed by atoms with E-state index in [-0.39, 0.29) is 46.6 Å². The largest absolute Gasteiger partial charge is 0.344 e. The van der Waals surface area contributed by atoms with Crippen LogP contribution in [0.2, 0.25) is 5.02 Å². The Morgan fingerprint density at radius 2 is 1.79 bits per heavy atom. The predicted octanol–water partition coefficient (Wildman–Crippen LogP) is 9.83. The zero-order chi connectivity index (χ0) is 43.9. The summed E-state index contributed by atoms with van der Waals surface area (Å²) in [7, 11) is 3.21. The number of fused-ring (bicyclic) bond motifs is 2. The van der Waals surface area contributed by atoms with Crippen LogP contribution in [-0.4, -0.2) is 56.9 Å². The molecule has 2 atom stereocenters. The lowest BCUT2D eigenvalue weighted by Gasteiger charge is -2.30. The number of rotatable bonds is 13. The highest BCUT2D eigenvalue weighted by Gasteiger charge is 2.51. The molecule has 2 aromatic heterocycles. The molecule has 2 unspecified atom stereocenters. The lowest BCUT2D eigenvalue weighted by Crippen LogP contribution is -2.50. The number of likely N-dealkylation sites (N-methyl/N-ethyl adjacent to an activating group) is 1. The summed E-state index contributed by atoms with van der Waals surface area (Å²) in [4.78, 5) is 33.1. The van der Waals surface area contributed by atoms with Crippen LogP contribution in [0.3, 0.4) is 0 Å². The minimum atomic E-state index is -3.59. The molecule has 318 valence electrons. The third-order valence-corrected chi connectivity index (χ3v) is 11.1. The second-order valence-corrected chi connectivity index (χ2v) is 15.5. The van der Waals surface area contributed by atoms with E-state index in [2.05, 4.69) is 20.2 Å². The van der Waals surface area contributed by atoms with E-state index in [4.69, 9.17) is 16.6 Å². The summed E-state index contributed by atoms with van der Waals surface area (Å²) in [6.07, 6.45) is -1.68. The molecule has 2 N–H and O–H groups in total.